The second kappa shape index (κ2) is 7.91. The lowest BCUT2D eigenvalue weighted by atomic mass is 9.78. The molecular formula is C22H29N5O3. The number of ether oxygens (including phenoxy) is 1. The van der Waals surface area contributed by atoms with Gasteiger partial charge in [0.15, 0.2) is 0 Å². The molecule has 5 rings (SSSR count). The van der Waals surface area contributed by atoms with Crippen LogP contribution < -0.4 is 5.69 Å². The fraction of sp³-hybridized carbons (Fsp3) is 0.591. The summed E-state index contributed by atoms with van der Waals surface area (Å²) in [5, 5.41) is 4.57. The number of aromatic nitrogens is 4. The van der Waals surface area contributed by atoms with Crippen molar-refractivity contribution in [2.45, 2.75) is 57.7 Å². The maximum Gasteiger partial charge on any atom is 0.352 e. The van der Waals surface area contributed by atoms with Crippen LogP contribution in [0.5, 0.6) is 0 Å². The molecule has 0 N–H and O–H groups in total. The summed E-state index contributed by atoms with van der Waals surface area (Å²) < 4.78 is 10.2. The fourth-order valence-electron chi connectivity index (χ4n) is 5.43. The predicted molar refractivity (Wildman–Crippen MR) is 114 cm³/mol. The van der Waals surface area contributed by atoms with E-state index >= 15 is 0 Å². The van der Waals surface area contributed by atoms with Gasteiger partial charge in [0.1, 0.15) is 6.54 Å². The zero-order valence-corrected chi connectivity index (χ0v) is 17.5. The standard InChI is InChI=1S/C22H29N5O3/c1-30-14-13-25-18-10-4-5-11-19(18)27-21(25)23-26(22(27)29)15-20(28)24-12-6-8-16-7-2-3-9-17(16)24/h4-5,10-11,16-17H,2-3,6-9,12-15H2,1H3/t16-,17+/m1/s1. The number of fused-ring (bicyclic) bond motifs is 4. The number of rotatable bonds is 5. The number of likely N-dealkylation sites (tertiary alicyclic amines) is 1. The van der Waals surface area contributed by atoms with E-state index in [1.54, 1.807) is 11.5 Å². The van der Waals surface area contributed by atoms with E-state index in [0.717, 1.165) is 30.4 Å². The lowest BCUT2D eigenvalue weighted by Gasteiger charge is -2.44. The monoisotopic (exact) mass is 411 g/mol. The lowest BCUT2D eigenvalue weighted by Crippen LogP contribution is -2.51. The van der Waals surface area contributed by atoms with Crippen LogP contribution in [0.2, 0.25) is 0 Å². The Bertz CT molecular complexity index is 1130. The number of piperidine rings is 1. The molecule has 0 bridgehead atoms. The Labute approximate surface area is 175 Å². The Morgan fingerprint density at radius 1 is 1.13 bits per heavy atom. The first-order valence-corrected chi connectivity index (χ1v) is 11.0. The molecular weight excluding hydrogens is 382 g/mol. The van der Waals surface area contributed by atoms with Crippen LogP contribution in [0.4, 0.5) is 0 Å². The molecule has 1 amide bonds. The number of hydrogen-bond donors (Lipinski definition) is 0. The van der Waals surface area contributed by atoms with Crippen LogP contribution in [0.1, 0.15) is 38.5 Å². The first-order valence-electron chi connectivity index (χ1n) is 11.0. The second-order valence-electron chi connectivity index (χ2n) is 8.55. The molecule has 2 aromatic heterocycles. The SMILES string of the molecule is COCCn1c2ccccc2n2c(=O)n(CC(=O)N3CCC[C@H]4CCCC[C@@H]43)nc12. The van der Waals surface area contributed by atoms with Gasteiger partial charge in [0.05, 0.1) is 17.6 Å². The smallest absolute Gasteiger partial charge is 0.352 e. The van der Waals surface area contributed by atoms with Gasteiger partial charge in [-0.25, -0.2) is 13.9 Å². The van der Waals surface area contributed by atoms with Crippen molar-refractivity contribution >= 4 is 22.7 Å². The number of benzene rings is 1. The minimum atomic E-state index is -0.261. The molecule has 1 aliphatic heterocycles. The molecule has 2 aliphatic rings. The Kier molecular flexibility index (Phi) is 5.10. The van der Waals surface area contributed by atoms with E-state index in [2.05, 4.69) is 5.10 Å². The van der Waals surface area contributed by atoms with E-state index in [4.69, 9.17) is 4.74 Å². The van der Waals surface area contributed by atoms with Crippen LogP contribution in [0, 0.1) is 5.92 Å². The Balaban J connectivity index is 1.48. The van der Waals surface area contributed by atoms with Crippen LogP contribution in [0.15, 0.2) is 29.1 Å². The zero-order chi connectivity index (χ0) is 20.7. The number of para-hydroxylation sites is 2. The molecule has 8 heteroatoms. The molecule has 8 nitrogen and oxygen atoms in total. The summed E-state index contributed by atoms with van der Waals surface area (Å²) in [6, 6.07) is 8.09. The first-order chi connectivity index (χ1) is 14.7. The van der Waals surface area contributed by atoms with Crippen LogP contribution in [0.25, 0.3) is 16.8 Å². The van der Waals surface area contributed by atoms with E-state index in [9.17, 15) is 9.59 Å². The van der Waals surface area contributed by atoms with Gasteiger partial charge in [-0.3, -0.25) is 4.79 Å². The number of hydrogen-bond acceptors (Lipinski definition) is 4. The molecule has 2 fully saturated rings. The highest BCUT2D eigenvalue weighted by Gasteiger charge is 2.36. The minimum Gasteiger partial charge on any atom is -0.383 e. The average Bonchev–Trinajstić information content (AvgIpc) is 3.26. The molecule has 1 aliphatic carbocycles. The van der Waals surface area contributed by atoms with Crippen molar-refractivity contribution < 1.29 is 9.53 Å². The van der Waals surface area contributed by atoms with Gasteiger partial charge in [0, 0.05) is 26.2 Å². The molecule has 1 saturated heterocycles. The molecule has 160 valence electrons. The van der Waals surface area contributed by atoms with Crippen molar-refractivity contribution in [1.82, 2.24) is 23.6 Å². The van der Waals surface area contributed by atoms with Crippen molar-refractivity contribution in [3.05, 3.63) is 34.7 Å². The Morgan fingerprint density at radius 2 is 1.90 bits per heavy atom. The van der Waals surface area contributed by atoms with Gasteiger partial charge in [-0.15, -0.1) is 5.10 Å². The third kappa shape index (κ3) is 3.14. The van der Waals surface area contributed by atoms with Crippen LogP contribution in [-0.2, 0) is 22.6 Å². The minimum absolute atomic E-state index is 0.00232. The number of imidazole rings is 1. The lowest BCUT2D eigenvalue weighted by molar-refractivity contribution is -0.138. The summed E-state index contributed by atoms with van der Waals surface area (Å²) in [6.07, 6.45) is 7.04. The van der Waals surface area contributed by atoms with Gasteiger partial charge in [-0.2, -0.15) is 0 Å². The van der Waals surface area contributed by atoms with Gasteiger partial charge in [0.25, 0.3) is 0 Å². The van der Waals surface area contributed by atoms with Gasteiger partial charge < -0.3 is 14.2 Å². The summed E-state index contributed by atoms with van der Waals surface area (Å²) in [6.45, 7) is 1.91. The van der Waals surface area contributed by atoms with Crippen LogP contribution >= 0.6 is 0 Å². The van der Waals surface area contributed by atoms with Crippen molar-refractivity contribution in [3.8, 4) is 0 Å². The Hall–Kier alpha value is -2.61. The molecule has 30 heavy (non-hydrogen) atoms. The third-order valence-electron chi connectivity index (χ3n) is 6.84. The molecule has 2 atom stereocenters. The van der Waals surface area contributed by atoms with Gasteiger partial charge in [0.2, 0.25) is 11.7 Å². The number of methoxy groups -OCH3 is 1. The third-order valence-corrected chi connectivity index (χ3v) is 6.84. The van der Waals surface area contributed by atoms with Crippen molar-refractivity contribution in [3.63, 3.8) is 0 Å². The van der Waals surface area contributed by atoms with E-state index in [1.807, 2.05) is 33.7 Å². The molecule has 3 aromatic rings. The van der Waals surface area contributed by atoms with Gasteiger partial charge in [-0.1, -0.05) is 25.0 Å². The van der Waals surface area contributed by atoms with Gasteiger partial charge >= 0.3 is 5.69 Å². The number of amides is 1. The molecule has 0 spiro atoms. The summed E-state index contributed by atoms with van der Waals surface area (Å²) in [4.78, 5) is 28.4. The van der Waals surface area contributed by atoms with Crippen molar-refractivity contribution in [2.24, 2.45) is 5.92 Å². The predicted octanol–water partition coefficient (Wildman–Crippen LogP) is 2.28. The fourth-order valence-corrected chi connectivity index (χ4v) is 5.43. The molecule has 0 radical (unpaired) electrons. The number of carbonyl (C=O) groups is 1. The van der Waals surface area contributed by atoms with Crippen molar-refractivity contribution in [2.75, 3.05) is 20.3 Å². The van der Waals surface area contributed by atoms with E-state index < -0.39 is 0 Å². The highest BCUT2D eigenvalue weighted by Crippen LogP contribution is 2.35. The largest absolute Gasteiger partial charge is 0.383 e. The number of nitrogens with zero attached hydrogens (tertiary/aromatic N) is 5. The normalized spacial score (nSPS) is 22.0. The van der Waals surface area contributed by atoms with E-state index in [-0.39, 0.29) is 18.1 Å². The van der Waals surface area contributed by atoms with Crippen molar-refractivity contribution in [1.29, 1.82) is 0 Å². The zero-order valence-electron chi connectivity index (χ0n) is 17.5. The van der Waals surface area contributed by atoms with Gasteiger partial charge in [-0.05, 0) is 43.7 Å². The average molecular weight is 412 g/mol. The van der Waals surface area contributed by atoms with E-state index in [0.29, 0.717) is 30.9 Å². The molecule has 3 heterocycles. The van der Waals surface area contributed by atoms with Crippen LogP contribution in [-0.4, -0.2) is 55.9 Å². The topological polar surface area (TPSA) is 73.8 Å². The maximum atomic E-state index is 13.2. The summed E-state index contributed by atoms with van der Waals surface area (Å²) in [5.74, 6) is 1.19. The summed E-state index contributed by atoms with van der Waals surface area (Å²) in [7, 11) is 1.66. The highest BCUT2D eigenvalue weighted by molar-refractivity contribution is 5.81. The highest BCUT2D eigenvalue weighted by atomic mass is 16.5. The quantitative estimate of drug-likeness (QED) is 0.646. The van der Waals surface area contributed by atoms with E-state index in [1.165, 1.54) is 30.4 Å². The summed E-state index contributed by atoms with van der Waals surface area (Å²) >= 11 is 0. The first kappa shape index (κ1) is 19.4. The van der Waals surface area contributed by atoms with Crippen LogP contribution in [0.3, 0.4) is 0 Å². The second-order valence-corrected chi connectivity index (χ2v) is 8.55. The Morgan fingerprint density at radius 3 is 2.73 bits per heavy atom. The number of carbonyl (C=O) groups excluding carboxylic acids is 1. The molecule has 1 aromatic carbocycles. The molecule has 1 saturated carbocycles. The maximum absolute atomic E-state index is 13.2. The summed E-state index contributed by atoms with van der Waals surface area (Å²) in [5.41, 5.74) is 1.48. The molecule has 0 unspecified atom stereocenters.